The Labute approximate surface area is 328 Å². The highest BCUT2D eigenvalue weighted by atomic mass is 16.5. The summed E-state index contributed by atoms with van der Waals surface area (Å²) in [7, 11) is 0. The van der Waals surface area contributed by atoms with Crippen LogP contribution in [0, 0.1) is 0 Å². The van der Waals surface area contributed by atoms with Gasteiger partial charge in [0.15, 0.2) is 0 Å². The van der Waals surface area contributed by atoms with Crippen LogP contribution in [0.3, 0.4) is 0 Å². The molecule has 1 saturated carbocycles. The normalized spacial score (nSPS) is 13.9. The van der Waals surface area contributed by atoms with Crippen LogP contribution in [-0.4, -0.2) is 0 Å². The summed E-state index contributed by atoms with van der Waals surface area (Å²) in [6.07, 6.45) is 1.85. The first-order valence-electron chi connectivity index (χ1n) is 19.0. The molecule has 8 aromatic carbocycles. The minimum absolute atomic E-state index is 0.451. The second-order valence-electron chi connectivity index (χ2n) is 14.1. The summed E-state index contributed by atoms with van der Waals surface area (Å²) in [5, 5.41) is 0. The van der Waals surface area contributed by atoms with Crippen molar-refractivity contribution in [1.29, 1.82) is 0 Å². The van der Waals surface area contributed by atoms with Gasteiger partial charge in [0.25, 0.3) is 0 Å². The highest BCUT2D eigenvalue weighted by Gasteiger charge is 2.62. The monoisotopic (exact) mass is 728 g/mol. The fraction of sp³-hybridized carbons (Fsp3) is 0.0769. The zero-order valence-corrected chi connectivity index (χ0v) is 30.8. The molecule has 4 nitrogen and oxygen atoms in total. The summed E-state index contributed by atoms with van der Waals surface area (Å²) in [4.78, 5) is 0. The van der Waals surface area contributed by atoms with Crippen molar-refractivity contribution in [2.45, 2.75) is 23.7 Å². The van der Waals surface area contributed by atoms with Crippen molar-refractivity contribution >= 4 is 0 Å². The van der Waals surface area contributed by atoms with Crippen molar-refractivity contribution in [3.63, 3.8) is 0 Å². The average Bonchev–Trinajstić information content (AvgIpc) is 3.25. The molecular formula is C52H40O4. The third-order valence-corrected chi connectivity index (χ3v) is 10.9. The molecular weight excluding hydrogens is 689 g/mol. The maximum atomic E-state index is 6.28. The van der Waals surface area contributed by atoms with Crippen LogP contribution < -0.4 is 18.9 Å². The number of hydrogen-bond acceptors (Lipinski definition) is 4. The van der Waals surface area contributed by atoms with Crippen molar-refractivity contribution in [3.8, 4) is 46.0 Å². The van der Waals surface area contributed by atoms with Gasteiger partial charge in [0, 0.05) is 10.8 Å². The molecule has 1 aliphatic rings. The van der Waals surface area contributed by atoms with Crippen molar-refractivity contribution in [2.75, 3.05) is 0 Å². The average molecular weight is 729 g/mol. The fourth-order valence-electron chi connectivity index (χ4n) is 8.25. The summed E-state index contributed by atoms with van der Waals surface area (Å²) in [6.45, 7) is 0. The number of hydrogen-bond donors (Lipinski definition) is 0. The second-order valence-corrected chi connectivity index (χ2v) is 14.1. The summed E-state index contributed by atoms with van der Waals surface area (Å²) in [5.41, 5.74) is 3.91. The maximum Gasteiger partial charge on any atom is 0.127 e. The molecule has 0 N–H and O–H groups in total. The van der Waals surface area contributed by atoms with E-state index in [9.17, 15) is 0 Å². The Morgan fingerprint density at radius 2 is 0.393 bits per heavy atom. The highest BCUT2D eigenvalue weighted by molar-refractivity contribution is 5.61. The van der Waals surface area contributed by atoms with Crippen LogP contribution >= 0.6 is 0 Å². The quantitative estimate of drug-likeness (QED) is 0.126. The molecule has 0 atom stereocenters. The molecule has 8 aromatic rings. The number of para-hydroxylation sites is 4. The van der Waals surface area contributed by atoms with Crippen LogP contribution in [0.25, 0.3) is 0 Å². The van der Waals surface area contributed by atoms with Crippen LogP contribution in [-0.2, 0) is 10.8 Å². The number of rotatable bonds is 12. The van der Waals surface area contributed by atoms with Gasteiger partial charge in [0.05, 0.1) is 0 Å². The molecule has 0 amide bonds. The molecule has 0 saturated heterocycles. The summed E-state index contributed by atoms with van der Waals surface area (Å²) < 4.78 is 25.1. The first kappa shape index (κ1) is 34.7. The number of benzene rings is 8. The largest absolute Gasteiger partial charge is 0.457 e. The molecule has 0 radical (unpaired) electrons. The third-order valence-electron chi connectivity index (χ3n) is 10.9. The Morgan fingerprint density at radius 1 is 0.214 bits per heavy atom. The predicted octanol–water partition coefficient (Wildman–Crippen LogP) is 13.9. The van der Waals surface area contributed by atoms with E-state index < -0.39 is 10.8 Å². The summed E-state index contributed by atoms with van der Waals surface area (Å²) >= 11 is 0. The summed E-state index contributed by atoms with van der Waals surface area (Å²) in [5.74, 6) is 6.37. The van der Waals surface area contributed by atoms with Crippen molar-refractivity contribution in [3.05, 3.63) is 241 Å². The molecule has 0 spiro atoms. The van der Waals surface area contributed by atoms with Crippen LogP contribution in [0.5, 0.6) is 46.0 Å². The maximum absolute atomic E-state index is 6.28. The zero-order valence-electron chi connectivity index (χ0n) is 30.8. The van der Waals surface area contributed by atoms with Crippen LogP contribution in [0.1, 0.15) is 35.1 Å². The van der Waals surface area contributed by atoms with E-state index in [0.29, 0.717) is 0 Å². The van der Waals surface area contributed by atoms with E-state index in [1.807, 2.05) is 121 Å². The Bertz CT molecular complexity index is 2120. The van der Waals surface area contributed by atoms with Gasteiger partial charge in [-0.2, -0.15) is 0 Å². The smallest absolute Gasteiger partial charge is 0.127 e. The number of ether oxygens (including phenoxy) is 4. The molecule has 4 heteroatoms. The lowest BCUT2D eigenvalue weighted by Crippen LogP contribution is -2.59. The van der Waals surface area contributed by atoms with Gasteiger partial charge in [-0.25, -0.2) is 0 Å². The van der Waals surface area contributed by atoms with Gasteiger partial charge in [-0.1, -0.05) is 121 Å². The SMILES string of the molecule is c1ccc(Oc2ccc(C3(c4ccc(Oc5ccccc5)cc4)CCC3(c3ccc(Oc4ccccc4)cc3)c3ccc(Oc4ccccc4)cc3)cc2)cc1. The van der Waals surface area contributed by atoms with E-state index in [0.717, 1.165) is 58.8 Å². The van der Waals surface area contributed by atoms with Crippen LogP contribution in [0.15, 0.2) is 218 Å². The fourth-order valence-corrected chi connectivity index (χ4v) is 8.25. The van der Waals surface area contributed by atoms with E-state index in [2.05, 4.69) is 97.1 Å². The van der Waals surface area contributed by atoms with E-state index in [4.69, 9.17) is 18.9 Å². The second kappa shape index (κ2) is 15.4. The van der Waals surface area contributed by atoms with E-state index in [1.54, 1.807) is 0 Å². The molecule has 1 aliphatic carbocycles. The van der Waals surface area contributed by atoms with Crippen molar-refractivity contribution in [2.24, 2.45) is 0 Å². The van der Waals surface area contributed by atoms with Crippen LogP contribution in [0.2, 0.25) is 0 Å². The molecule has 56 heavy (non-hydrogen) atoms. The molecule has 0 unspecified atom stereocenters. The first-order valence-corrected chi connectivity index (χ1v) is 19.0. The lowest BCUT2D eigenvalue weighted by molar-refractivity contribution is 0.151. The molecule has 272 valence electrons. The van der Waals surface area contributed by atoms with E-state index >= 15 is 0 Å². The van der Waals surface area contributed by atoms with Gasteiger partial charge < -0.3 is 18.9 Å². The van der Waals surface area contributed by atoms with Crippen LogP contribution in [0.4, 0.5) is 0 Å². The highest BCUT2D eigenvalue weighted by Crippen LogP contribution is 2.66. The molecule has 0 heterocycles. The predicted molar refractivity (Wildman–Crippen MR) is 223 cm³/mol. The Hall–Kier alpha value is -7.04. The minimum Gasteiger partial charge on any atom is -0.457 e. The molecule has 0 aromatic heterocycles. The van der Waals surface area contributed by atoms with Crippen molar-refractivity contribution < 1.29 is 18.9 Å². The van der Waals surface area contributed by atoms with Gasteiger partial charge >= 0.3 is 0 Å². The molecule has 1 fully saturated rings. The lowest BCUT2D eigenvalue weighted by atomic mass is 9.40. The summed E-state index contributed by atoms with van der Waals surface area (Å²) in [6, 6.07) is 74.3. The van der Waals surface area contributed by atoms with E-state index in [1.165, 1.54) is 22.3 Å². The molecule has 0 bridgehead atoms. The van der Waals surface area contributed by atoms with Crippen molar-refractivity contribution in [1.82, 2.24) is 0 Å². The van der Waals surface area contributed by atoms with Gasteiger partial charge in [0.1, 0.15) is 46.0 Å². The standard InChI is InChI=1S/C52H40O4/c1-5-13-43(14-6-1)53-47-29-21-39(22-30-47)51(40-23-31-48(32-24-40)54-44-15-7-2-8-16-44)37-38-52(51,41-25-33-49(34-26-41)55-45-17-9-3-10-18-45)42-27-35-50(36-28-42)56-46-19-11-4-12-20-46/h1-36H,37-38H2. The third kappa shape index (κ3) is 6.78. The Morgan fingerprint density at radius 3 is 0.571 bits per heavy atom. The first-order chi connectivity index (χ1) is 27.7. The minimum atomic E-state index is -0.451. The Kier molecular flexibility index (Phi) is 9.53. The van der Waals surface area contributed by atoms with Gasteiger partial charge in [0.2, 0.25) is 0 Å². The Balaban J connectivity index is 1.17. The molecule has 0 aliphatic heterocycles. The van der Waals surface area contributed by atoms with E-state index in [-0.39, 0.29) is 0 Å². The lowest BCUT2D eigenvalue weighted by Gasteiger charge is -2.61. The van der Waals surface area contributed by atoms with Gasteiger partial charge in [-0.15, -0.1) is 0 Å². The van der Waals surface area contributed by atoms with Gasteiger partial charge in [-0.05, 0) is 132 Å². The molecule has 9 rings (SSSR count). The topological polar surface area (TPSA) is 36.9 Å². The van der Waals surface area contributed by atoms with Gasteiger partial charge in [-0.3, -0.25) is 0 Å². The zero-order chi connectivity index (χ0) is 37.6.